The SMILES string of the molecule is C=C/C=C(\C=C)c1cccc(N(c2ccc(-c3ccccc3)cc2)c2ccc(-c3ccc(-n4c5ccccc5c5ccccc54)cc3)cc2)c1. The van der Waals surface area contributed by atoms with Crippen LogP contribution in [0.2, 0.25) is 0 Å². The van der Waals surface area contributed by atoms with Crippen molar-refractivity contribution in [3.8, 4) is 27.9 Å². The predicted molar refractivity (Wildman–Crippen MR) is 215 cm³/mol. The molecule has 50 heavy (non-hydrogen) atoms. The van der Waals surface area contributed by atoms with Crippen molar-refractivity contribution in [1.29, 1.82) is 0 Å². The first-order chi connectivity index (χ1) is 24.7. The normalized spacial score (nSPS) is 11.5. The third-order valence-corrected chi connectivity index (χ3v) is 9.35. The number of fused-ring (bicyclic) bond motifs is 3. The molecule has 0 saturated heterocycles. The molecule has 2 heteroatoms. The number of hydrogen-bond donors (Lipinski definition) is 0. The molecule has 0 saturated carbocycles. The summed E-state index contributed by atoms with van der Waals surface area (Å²) in [6.45, 7) is 7.94. The van der Waals surface area contributed by atoms with E-state index in [-0.39, 0.29) is 0 Å². The van der Waals surface area contributed by atoms with E-state index in [1.807, 2.05) is 12.2 Å². The van der Waals surface area contributed by atoms with Crippen LogP contribution in [0.15, 0.2) is 207 Å². The van der Waals surface area contributed by atoms with Crippen molar-refractivity contribution in [3.05, 3.63) is 213 Å². The van der Waals surface area contributed by atoms with Gasteiger partial charge in [-0.2, -0.15) is 0 Å². The van der Waals surface area contributed by atoms with Crippen LogP contribution in [0.4, 0.5) is 17.1 Å². The molecule has 1 aromatic heterocycles. The number of nitrogens with zero attached hydrogens (tertiary/aromatic N) is 2. The van der Waals surface area contributed by atoms with Crippen molar-refractivity contribution in [3.63, 3.8) is 0 Å². The average Bonchev–Trinajstić information content (AvgIpc) is 3.53. The summed E-state index contributed by atoms with van der Waals surface area (Å²) in [5.41, 5.74) is 13.6. The van der Waals surface area contributed by atoms with Crippen LogP contribution >= 0.6 is 0 Å². The zero-order valence-electron chi connectivity index (χ0n) is 27.8. The number of allylic oxidation sites excluding steroid dienone is 4. The molecule has 0 N–H and O–H groups in total. The van der Waals surface area contributed by atoms with Gasteiger partial charge in [-0.05, 0) is 94.1 Å². The van der Waals surface area contributed by atoms with E-state index in [9.17, 15) is 0 Å². The monoisotopic (exact) mass is 640 g/mol. The van der Waals surface area contributed by atoms with Crippen LogP contribution in [0.25, 0.3) is 55.3 Å². The van der Waals surface area contributed by atoms with E-state index in [0.717, 1.165) is 33.9 Å². The van der Waals surface area contributed by atoms with Crippen LogP contribution in [0, 0.1) is 0 Å². The van der Waals surface area contributed by atoms with Gasteiger partial charge in [-0.15, -0.1) is 0 Å². The van der Waals surface area contributed by atoms with Gasteiger partial charge in [0.15, 0.2) is 0 Å². The highest BCUT2D eigenvalue weighted by molar-refractivity contribution is 6.09. The number of para-hydroxylation sites is 2. The van der Waals surface area contributed by atoms with Gasteiger partial charge in [0, 0.05) is 33.5 Å². The Bertz CT molecular complexity index is 2430. The maximum Gasteiger partial charge on any atom is 0.0541 e. The van der Waals surface area contributed by atoms with Crippen molar-refractivity contribution in [2.45, 2.75) is 0 Å². The number of hydrogen-bond acceptors (Lipinski definition) is 1. The van der Waals surface area contributed by atoms with Crippen LogP contribution in [-0.2, 0) is 0 Å². The lowest BCUT2D eigenvalue weighted by Crippen LogP contribution is -2.10. The minimum absolute atomic E-state index is 1.03. The van der Waals surface area contributed by atoms with Gasteiger partial charge in [-0.1, -0.05) is 147 Å². The molecule has 0 unspecified atom stereocenters. The summed E-state index contributed by atoms with van der Waals surface area (Å²) >= 11 is 0. The Labute approximate surface area is 293 Å². The van der Waals surface area contributed by atoms with E-state index in [2.05, 4.69) is 199 Å². The molecule has 0 amide bonds. The highest BCUT2D eigenvalue weighted by Gasteiger charge is 2.15. The van der Waals surface area contributed by atoms with E-state index >= 15 is 0 Å². The molecule has 2 nitrogen and oxygen atoms in total. The summed E-state index contributed by atoms with van der Waals surface area (Å²) < 4.78 is 2.36. The molecule has 238 valence electrons. The van der Waals surface area contributed by atoms with Gasteiger partial charge < -0.3 is 9.47 Å². The fraction of sp³-hybridized carbons (Fsp3) is 0. The summed E-state index contributed by atoms with van der Waals surface area (Å²) in [5, 5.41) is 2.54. The lowest BCUT2D eigenvalue weighted by Gasteiger charge is -2.26. The quantitative estimate of drug-likeness (QED) is 0.143. The van der Waals surface area contributed by atoms with E-state index < -0.39 is 0 Å². The van der Waals surface area contributed by atoms with Gasteiger partial charge in [0.25, 0.3) is 0 Å². The summed E-state index contributed by atoms with van der Waals surface area (Å²) in [6, 6.07) is 62.9. The number of benzene rings is 7. The molecule has 0 atom stereocenters. The van der Waals surface area contributed by atoms with Crippen molar-refractivity contribution < 1.29 is 0 Å². The molecule has 8 rings (SSSR count). The largest absolute Gasteiger partial charge is 0.310 e. The Morgan fingerprint density at radius 3 is 1.50 bits per heavy atom. The number of rotatable bonds is 9. The van der Waals surface area contributed by atoms with Gasteiger partial charge in [-0.3, -0.25) is 0 Å². The molecule has 0 fully saturated rings. The Balaban J connectivity index is 1.15. The lowest BCUT2D eigenvalue weighted by atomic mass is 10.0. The van der Waals surface area contributed by atoms with Gasteiger partial charge >= 0.3 is 0 Å². The Morgan fingerprint density at radius 2 is 0.960 bits per heavy atom. The first kappa shape index (κ1) is 30.7. The molecule has 7 aromatic carbocycles. The maximum atomic E-state index is 4.04. The minimum Gasteiger partial charge on any atom is -0.310 e. The number of aromatic nitrogens is 1. The van der Waals surface area contributed by atoms with E-state index in [0.29, 0.717) is 0 Å². The highest BCUT2D eigenvalue weighted by atomic mass is 15.1. The van der Waals surface area contributed by atoms with Gasteiger partial charge in [0.2, 0.25) is 0 Å². The van der Waals surface area contributed by atoms with Crippen molar-refractivity contribution >= 4 is 44.4 Å². The zero-order valence-corrected chi connectivity index (χ0v) is 27.8. The second kappa shape index (κ2) is 13.5. The Kier molecular flexibility index (Phi) is 8.26. The molecule has 0 spiro atoms. The standard InChI is InChI=1S/C48H36N2/c1-3-13-35(4-2)40-16-12-17-44(34-40)49(41-28-22-37(23-29-41)36-14-6-5-7-15-36)42-30-24-38(25-31-42)39-26-32-43(33-27-39)50-47-20-10-8-18-45(47)46-19-9-11-21-48(46)50/h3-34H,1-2H2/b35-13+. The second-order valence-corrected chi connectivity index (χ2v) is 12.3. The highest BCUT2D eigenvalue weighted by Crippen LogP contribution is 2.38. The van der Waals surface area contributed by atoms with Crippen LogP contribution in [0.5, 0.6) is 0 Å². The lowest BCUT2D eigenvalue weighted by molar-refractivity contribution is 1.18. The zero-order chi connectivity index (χ0) is 33.9. The van der Waals surface area contributed by atoms with Crippen LogP contribution in [-0.4, -0.2) is 4.57 Å². The molecule has 0 aliphatic carbocycles. The topological polar surface area (TPSA) is 8.17 Å². The Morgan fingerprint density at radius 1 is 0.460 bits per heavy atom. The predicted octanol–water partition coefficient (Wildman–Crippen LogP) is 13.3. The third-order valence-electron chi connectivity index (χ3n) is 9.35. The summed E-state index contributed by atoms with van der Waals surface area (Å²) in [5.74, 6) is 0. The summed E-state index contributed by atoms with van der Waals surface area (Å²) in [6.07, 6.45) is 5.67. The second-order valence-electron chi connectivity index (χ2n) is 12.3. The average molecular weight is 641 g/mol. The molecule has 0 aliphatic rings. The first-order valence-corrected chi connectivity index (χ1v) is 16.9. The molecular formula is C48H36N2. The fourth-order valence-electron chi connectivity index (χ4n) is 6.92. The van der Waals surface area contributed by atoms with Crippen molar-refractivity contribution in [1.82, 2.24) is 4.57 Å². The van der Waals surface area contributed by atoms with Gasteiger partial charge in [0.1, 0.15) is 0 Å². The van der Waals surface area contributed by atoms with Gasteiger partial charge in [-0.25, -0.2) is 0 Å². The molecule has 1 heterocycles. The van der Waals surface area contributed by atoms with Gasteiger partial charge in [0.05, 0.1) is 11.0 Å². The molecular weight excluding hydrogens is 605 g/mol. The van der Waals surface area contributed by atoms with Crippen molar-refractivity contribution in [2.24, 2.45) is 0 Å². The summed E-state index contributed by atoms with van der Waals surface area (Å²) in [4.78, 5) is 2.31. The maximum absolute atomic E-state index is 4.04. The third kappa shape index (κ3) is 5.74. The smallest absolute Gasteiger partial charge is 0.0541 e. The van der Waals surface area contributed by atoms with E-state index in [1.54, 1.807) is 6.08 Å². The van der Waals surface area contributed by atoms with E-state index in [1.165, 1.54) is 44.1 Å². The number of anilines is 3. The minimum atomic E-state index is 1.03. The van der Waals surface area contributed by atoms with Crippen LogP contribution in [0.1, 0.15) is 5.56 Å². The van der Waals surface area contributed by atoms with Crippen LogP contribution < -0.4 is 4.90 Å². The molecule has 0 radical (unpaired) electrons. The van der Waals surface area contributed by atoms with E-state index in [4.69, 9.17) is 0 Å². The Hall–Kier alpha value is -6.64. The first-order valence-electron chi connectivity index (χ1n) is 16.9. The molecule has 8 aromatic rings. The van der Waals surface area contributed by atoms with Crippen LogP contribution in [0.3, 0.4) is 0 Å². The fourth-order valence-corrected chi connectivity index (χ4v) is 6.92. The molecule has 0 aliphatic heterocycles. The molecule has 0 bridgehead atoms. The van der Waals surface area contributed by atoms with Crippen molar-refractivity contribution in [2.75, 3.05) is 4.90 Å². The summed E-state index contributed by atoms with van der Waals surface area (Å²) in [7, 11) is 0.